The monoisotopic (exact) mass is 325 g/mol. The topological polar surface area (TPSA) is 66.2 Å². The van der Waals surface area contributed by atoms with Crippen LogP contribution in [0.4, 0.5) is 13.2 Å². The van der Waals surface area contributed by atoms with Crippen LogP contribution in [0.1, 0.15) is 30.4 Å². The van der Waals surface area contributed by atoms with Gasteiger partial charge in [-0.3, -0.25) is 9.78 Å². The van der Waals surface area contributed by atoms with Gasteiger partial charge < -0.3 is 9.64 Å². The summed E-state index contributed by atoms with van der Waals surface area (Å²) >= 11 is 0. The van der Waals surface area contributed by atoms with Gasteiger partial charge in [0.15, 0.2) is 0 Å². The van der Waals surface area contributed by atoms with Crippen molar-refractivity contribution >= 4 is 5.91 Å². The average Bonchev–Trinajstić information content (AvgIpc) is 2.66. The van der Waals surface area contributed by atoms with Gasteiger partial charge in [-0.05, 0) is 12.8 Å². The molecule has 0 N–H and O–H groups in total. The molecule has 0 spiro atoms. The number of alkyl halides is 3. The highest BCUT2D eigenvalue weighted by Crippen LogP contribution is 2.54. The van der Waals surface area contributed by atoms with Crippen molar-refractivity contribution in [3.8, 4) is 11.8 Å². The minimum absolute atomic E-state index is 0.0332. The first-order chi connectivity index (χ1) is 10.9. The Balaban J connectivity index is 1.90. The van der Waals surface area contributed by atoms with Crippen LogP contribution in [0.3, 0.4) is 0 Å². The Hall–Kier alpha value is -2.30. The van der Waals surface area contributed by atoms with E-state index in [0.29, 0.717) is 17.7 Å². The van der Waals surface area contributed by atoms with E-state index in [1.165, 1.54) is 17.3 Å². The molecule has 0 radical (unpaired) electrons. The summed E-state index contributed by atoms with van der Waals surface area (Å²) in [6.45, 7) is 0.0656. The van der Waals surface area contributed by atoms with E-state index in [1.54, 1.807) is 0 Å². The van der Waals surface area contributed by atoms with E-state index in [2.05, 4.69) is 4.98 Å². The maximum absolute atomic E-state index is 13.3. The van der Waals surface area contributed by atoms with Crippen LogP contribution < -0.4 is 4.74 Å². The van der Waals surface area contributed by atoms with E-state index in [0.717, 1.165) is 0 Å². The average molecular weight is 325 g/mol. The smallest absolute Gasteiger partial charge is 0.403 e. The zero-order chi connectivity index (χ0) is 16.7. The van der Waals surface area contributed by atoms with Crippen LogP contribution in [0.2, 0.25) is 0 Å². The number of nitriles is 1. The Morgan fingerprint density at radius 3 is 2.70 bits per heavy atom. The molecule has 0 atom stereocenters. The molecule has 8 heteroatoms. The van der Waals surface area contributed by atoms with Crippen LogP contribution in [0.15, 0.2) is 12.4 Å². The minimum atomic E-state index is -4.55. The van der Waals surface area contributed by atoms with Gasteiger partial charge in [0, 0.05) is 18.0 Å². The molecule has 1 aromatic heterocycles. The number of pyridine rings is 1. The molecule has 0 saturated heterocycles. The van der Waals surface area contributed by atoms with E-state index in [9.17, 15) is 18.0 Å². The molecule has 1 aliphatic heterocycles. The Labute approximate surface area is 130 Å². The predicted molar refractivity (Wildman–Crippen MR) is 72.2 cm³/mol. The van der Waals surface area contributed by atoms with Crippen molar-refractivity contribution in [1.29, 1.82) is 5.26 Å². The van der Waals surface area contributed by atoms with Crippen LogP contribution in [-0.4, -0.2) is 35.1 Å². The molecule has 3 rings (SSSR count). The molecule has 0 aromatic carbocycles. The van der Waals surface area contributed by atoms with Crippen molar-refractivity contribution < 1.29 is 22.7 Å². The molecule has 5 nitrogen and oxygen atoms in total. The summed E-state index contributed by atoms with van der Waals surface area (Å²) in [4.78, 5) is 17.6. The number of aromatic nitrogens is 1. The summed E-state index contributed by atoms with van der Waals surface area (Å²) in [6, 6.07) is 1.93. The second-order valence-corrected chi connectivity index (χ2v) is 5.80. The van der Waals surface area contributed by atoms with Gasteiger partial charge in [-0.25, -0.2) is 0 Å². The molecule has 0 unspecified atom stereocenters. The van der Waals surface area contributed by atoms with Gasteiger partial charge in [0.2, 0.25) is 5.91 Å². The fraction of sp³-hybridized carbons (Fsp3) is 0.533. The lowest BCUT2D eigenvalue weighted by molar-refractivity contribution is -0.248. The third-order valence-electron chi connectivity index (χ3n) is 4.51. The van der Waals surface area contributed by atoms with Crippen LogP contribution in [0, 0.1) is 16.7 Å². The lowest BCUT2D eigenvalue weighted by Crippen LogP contribution is -2.56. The summed E-state index contributed by atoms with van der Waals surface area (Å²) in [7, 11) is 0. The van der Waals surface area contributed by atoms with Crippen molar-refractivity contribution in [3.05, 3.63) is 23.5 Å². The molecule has 1 aromatic rings. The zero-order valence-electron chi connectivity index (χ0n) is 12.2. The number of rotatable bonds is 1. The largest absolute Gasteiger partial charge is 0.490 e. The first-order valence-electron chi connectivity index (χ1n) is 7.25. The predicted octanol–water partition coefficient (Wildman–Crippen LogP) is 2.41. The highest BCUT2D eigenvalue weighted by atomic mass is 19.4. The van der Waals surface area contributed by atoms with Crippen molar-refractivity contribution in [3.63, 3.8) is 0 Å². The van der Waals surface area contributed by atoms with Crippen LogP contribution >= 0.6 is 0 Å². The standard InChI is InChI=1S/C15H14F3N3O2/c16-15(17,18)14(2-1-3-14)13(22)21-4-5-23-12-10(6-19)7-20-8-11(12)9-21/h7-8H,1-5,9H2. The first-order valence-corrected chi connectivity index (χ1v) is 7.25. The second kappa shape index (κ2) is 5.41. The van der Waals surface area contributed by atoms with Gasteiger partial charge in [0.05, 0.1) is 13.1 Å². The van der Waals surface area contributed by atoms with E-state index >= 15 is 0 Å². The normalized spacial score (nSPS) is 19.7. The number of halogens is 3. The van der Waals surface area contributed by atoms with E-state index in [4.69, 9.17) is 10.00 Å². The lowest BCUT2D eigenvalue weighted by Gasteiger charge is -2.44. The number of fused-ring (bicyclic) bond motifs is 1. The Morgan fingerprint density at radius 1 is 1.39 bits per heavy atom. The summed E-state index contributed by atoms with van der Waals surface area (Å²) in [5.74, 6) is -0.609. The highest BCUT2D eigenvalue weighted by molar-refractivity contribution is 5.84. The third kappa shape index (κ3) is 2.40. The fourth-order valence-electron chi connectivity index (χ4n) is 3.02. The van der Waals surface area contributed by atoms with Crippen LogP contribution in [-0.2, 0) is 11.3 Å². The van der Waals surface area contributed by atoms with Gasteiger partial charge in [-0.2, -0.15) is 18.4 Å². The molecule has 1 fully saturated rings. The quantitative estimate of drug-likeness (QED) is 0.795. The number of carbonyl (C=O) groups is 1. The molecular weight excluding hydrogens is 311 g/mol. The van der Waals surface area contributed by atoms with Gasteiger partial charge in [0.1, 0.15) is 29.4 Å². The number of amides is 1. The van der Waals surface area contributed by atoms with Gasteiger partial charge in [-0.1, -0.05) is 6.42 Å². The number of hydrogen-bond donors (Lipinski definition) is 0. The molecule has 2 aliphatic rings. The SMILES string of the molecule is N#Cc1cncc2c1OCCN(C(=O)C1(C(F)(F)F)CCC1)C2. The Morgan fingerprint density at radius 2 is 2.13 bits per heavy atom. The summed E-state index contributed by atoms with van der Waals surface area (Å²) in [5.41, 5.74) is -1.60. The second-order valence-electron chi connectivity index (χ2n) is 5.80. The lowest BCUT2D eigenvalue weighted by atomic mass is 9.67. The highest BCUT2D eigenvalue weighted by Gasteiger charge is 2.64. The Bertz CT molecular complexity index is 678. The number of hydrogen-bond acceptors (Lipinski definition) is 4. The summed E-state index contributed by atoms with van der Waals surface area (Å²) < 4.78 is 45.5. The van der Waals surface area contributed by atoms with Crippen molar-refractivity contribution in [2.75, 3.05) is 13.2 Å². The van der Waals surface area contributed by atoms with Crippen LogP contribution in [0.25, 0.3) is 0 Å². The van der Waals surface area contributed by atoms with Gasteiger partial charge in [0.25, 0.3) is 0 Å². The van der Waals surface area contributed by atoms with Crippen LogP contribution in [0.5, 0.6) is 5.75 Å². The maximum atomic E-state index is 13.3. The number of nitrogens with zero attached hydrogens (tertiary/aromatic N) is 3. The molecular formula is C15H14F3N3O2. The van der Waals surface area contributed by atoms with E-state index in [-0.39, 0.29) is 38.1 Å². The van der Waals surface area contributed by atoms with E-state index < -0.39 is 17.5 Å². The zero-order valence-corrected chi connectivity index (χ0v) is 12.2. The Kier molecular flexibility index (Phi) is 3.66. The number of carbonyl (C=O) groups excluding carboxylic acids is 1. The summed E-state index contributed by atoms with van der Waals surface area (Å²) in [5, 5.41) is 9.04. The minimum Gasteiger partial charge on any atom is -0.490 e. The molecule has 122 valence electrons. The summed E-state index contributed by atoms with van der Waals surface area (Å²) in [6.07, 6.45) is -1.74. The number of ether oxygens (including phenoxy) is 1. The molecule has 1 aliphatic carbocycles. The first kappa shape index (κ1) is 15.6. The fourth-order valence-corrected chi connectivity index (χ4v) is 3.02. The van der Waals surface area contributed by atoms with Crippen molar-refractivity contribution in [2.24, 2.45) is 5.41 Å². The third-order valence-corrected chi connectivity index (χ3v) is 4.51. The molecule has 1 saturated carbocycles. The van der Waals surface area contributed by atoms with Crippen molar-refractivity contribution in [2.45, 2.75) is 32.0 Å². The maximum Gasteiger partial charge on any atom is 0.403 e. The van der Waals surface area contributed by atoms with Gasteiger partial charge in [-0.15, -0.1) is 0 Å². The molecule has 23 heavy (non-hydrogen) atoms. The van der Waals surface area contributed by atoms with Gasteiger partial charge >= 0.3 is 6.18 Å². The molecule has 1 amide bonds. The molecule has 2 heterocycles. The van der Waals surface area contributed by atoms with E-state index in [1.807, 2.05) is 6.07 Å². The van der Waals surface area contributed by atoms with Crippen molar-refractivity contribution in [1.82, 2.24) is 9.88 Å². The molecule has 0 bridgehead atoms.